The van der Waals surface area contributed by atoms with Gasteiger partial charge in [-0.25, -0.2) is 0 Å². The molecule has 0 aromatic heterocycles. The van der Waals surface area contributed by atoms with Gasteiger partial charge >= 0.3 is 0 Å². The van der Waals surface area contributed by atoms with Gasteiger partial charge in [0.15, 0.2) is 5.96 Å². The Morgan fingerprint density at radius 1 is 1.22 bits per heavy atom. The minimum absolute atomic E-state index is 0.173. The minimum atomic E-state index is -0.852. The van der Waals surface area contributed by atoms with E-state index < -0.39 is 10.8 Å². The molecule has 0 amide bonds. The van der Waals surface area contributed by atoms with Gasteiger partial charge in [0.05, 0.1) is 0 Å². The number of nitrogens with one attached hydrogen (secondary N) is 2. The fraction of sp³-hybridized carbons (Fsp3) is 0.611. The smallest absolute Gasteiger partial charge is 0.191 e. The predicted octanol–water partition coefficient (Wildman–Crippen LogP) is 2.89. The standard InChI is InChI=1S/C18H31N3OS/c1-14(16-10-8-7-9-11-16)15(2)21-17(19-6)20-12-13-23(22)18(3,4)5/h7-11,14-15H,12-13H2,1-6H3,(H2,19,20,21). The molecule has 2 N–H and O–H groups in total. The van der Waals surface area contributed by atoms with Crippen molar-refractivity contribution in [3.63, 3.8) is 0 Å². The monoisotopic (exact) mass is 337 g/mol. The van der Waals surface area contributed by atoms with Gasteiger partial charge < -0.3 is 10.6 Å². The molecule has 0 heterocycles. The number of rotatable bonds is 6. The third-order valence-electron chi connectivity index (χ3n) is 3.93. The van der Waals surface area contributed by atoms with E-state index in [1.807, 2.05) is 26.8 Å². The van der Waals surface area contributed by atoms with Crippen LogP contribution in [0.2, 0.25) is 0 Å². The topological polar surface area (TPSA) is 53.5 Å². The first kappa shape index (κ1) is 19.7. The highest BCUT2D eigenvalue weighted by molar-refractivity contribution is 7.86. The average Bonchev–Trinajstić information content (AvgIpc) is 2.52. The van der Waals surface area contributed by atoms with Gasteiger partial charge in [0.1, 0.15) is 0 Å². The van der Waals surface area contributed by atoms with Crippen LogP contribution in [0.1, 0.15) is 46.1 Å². The molecule has 130 valence electrons. The maximum Gasteiger partial charge on any atom is 0.191 e. The van der Waals surface area contributed by atoms with Crippen LogP contribution in [0.25, 0.3) is 0 Å². The van der Waals surface area contributed by atoms with Crippen molar-refractivity contribution in [3.8, 4) is 0 Å². The molecule has 1 aromatic carbocycles. The van der Waals surface area contributed by atoms with Crippen molar-refractivity contribution in [2.24, 2.45) is 4.99 Å². The van der Waals surface area contributed by atoms with Gasteiger partial charge in [-0.3, -0.25) is 9.20 Å². The van der Waals surface area contributed by atoms with Crippen LogP contribution in [0.4, 0.5) is 0 Å². The Kier molecular flexibility index (Phi) is 7.76. The number of hydrogen-bond acceptors (Lipinski definition) is 2. The Morgan fingerprint density at radius 3 is 2.35 bits per heavy atom. The van der Waals surface area contributed by atoms with Crippen LogP contribution in [0.15, 0.2) is 35.3 Å². The first-order valence-electron chi connectivity index (χ1n) is 8.16. The highest BCUT2D eigenvalue weighted by Crippen LogP contribution is 2.18. The van der Waals surface area contributed by atoms with Crippen molar-refractivity contribution in [2.75, 3.05) is 19.3 Å². The molecule has 0 aliphatic carbocycles. The molecule has 0 radical (unpaired) electrons. The Labute approximate surface area is 143 Å². The molecule has 1 rings (SSSR count). The summed E-state index contributed by atoms with van der Waals surface area (Å²) in [6, 6.07) is 10.7. The van der Waals surface area contributed by atoms with Crippen molar-refractivity contribution in [3.05, 3.63) is 35.9 Å². The third kappa shape index (κ3) is 6.73. The number of aliphatic imine (C=N–C) groups is 1. The van der Waals surface area contributed by atoms with E-state index in [9.17, 15) is 4.21 Å². The molecular formula is C18H31N3OS. The highest BCUT2D eigenvalue weighted by atomic mass is 32.2. The number of guanidine groups is 1. The summed E-state index contributed by atoms with van der Waals surface area (Å²) in [5.41, 5.74) is 1.30. The molecule has 0 spiro atoms. The first-order valence-corrected chi connectivity index (χ1v) is 9.48. The van der Waals surface area contributed by atoms with Crippen molar-refractivity contribution >= 4 is 16.8 Å². The van der Waals surface area contributed by atoms with Crippen molar-refractivity contribution < 1.29 is 4.21 Å². The molecule has 0 fully saturated rings. The summed E-state index contributed by atoms with van der Waals surface area (Å²) in [6.07, 6.45) is 0. The van der Waals surface area contributed by atoms with E-state index in [0.29, 0.717) is 18.2 Å². The number of nitrogens with zero attached hydrogens (tertiary/aromatic N) is 1. The van der Waals surface area contributed by atoms with Crippen LogP contribution < -0.4 is 10.6 Å². The Bertz CT molecular complexity index is 523. The van der Waals surface area contributed by atoms with E-state index in [4.69, 9.17) is 0 Å². The second-order valence-corrected chi connectivity index (χ2v) is 9.12. The van der Waals surface area contributed by atoms with E-state index in [2.05, 4.69) is 53.7 Å². The Morgan fingerprint density at radius 2 is 1.83 bits per heavy atom. The van der Waals surface area contributed by atoms with Crippen LogP contribution in [-0.2, 0) is 10.8 Å². The maximum absolute atomic E-state index is 12.1. The van der Waals surface area contributed by atoms with Crippen LogP contribution in [0.5, 0.6) is 0 Å². The fourth-order valence-electron chi connectivity index (χ4n) is 2.15. The molecule has 3 unspecified atom stereocenters. The van der Waals surface area contributed by atoms with Crippen LogP contribution in [0.3, 0.4) is 0 Å². The largest absolute Gasteiger partial charge is 0.355 e. The van der Waals surface area contributed by atoms with Gasteiger partial charge in [-0.05, 0) is 33.3 Å². The highest BCUT2D eigenvalue weighted by Gasteiger charge is 2.19. The molecular weight excluding hydrogens is 306 g/mol. The second-order valence-electron chi connectivity index (χ2n) is 6.79. The fourth-order valence-corrected chi connectivity index (χ4v) is 3.05. The summed E-state index contributed by atoms with van der Waals surface area (Å²) < 4.78 is 11.9. The summed E-state index contributed by atoms with van der Waals surface area (Å²) >= 11 is 0. The van der Waals surface area contributed by atoms with E-state index in [1.54, 1.807) is 7.05 Å². The Hall–Kier alpha value is -1.36. The van der Waals surface area contributed by atoms with E-state index >= 15 is 0 Å². The molecule has 1 aromatic rings. The van der Waals surface area contributed by atoms with Crippen molar-refractivity contribution in [2.45, 2.75) is 51.3 Å². The Balaban J connectivity index is 2.49. The average molecular weight is 338 g/mol. The predicted molar refractivity (Wildman–Crippen MR) is 102 cm³/mol. The zero-order valence-corrected chi connectivity index (χ0v) is 16.0. The molecule has 3 atom stereocenters. The zero-order chi connectivity index (χ0) is 17.5. The zero-order valence-electron chi connectivity index (χ0n) is 15.2. The molecule has 5 heteroatoms. The van der Waals surface area contributed by atoms with Gasteiger partial charge in [0.25, 0.3) is 0 Å². The van der Waals surface area contributed by atoms with E-state index in [-0.39, 0.29) is 10.8 Å². The molecule has 4 nitrogen and oxygen atoms in total. The van der Waals surface area contributed by atoms with Gasteiger partial charge in [0, 0.05) is 46.9 Å². The van der Waals surface area contributed by atoms with Crippen LogP contribution in [-0.4, -0.2) is 40.3 Å². The summed E-state index contributed by atoms with van der Waals surface area (Å²) in [6.45, 7) is 11.0. The SMILES string of the molecule is CN=C(NCCS(=O)C(C)(C)C)NC(C)C(C)c1ccccc1. The molecule has 0 bridgehead atoms. The second kappa shape index (κ2) is 9.06. The number of hydrogen-bond donors (Lipinski definition) is 2. The number of benzene rings is 1. The lowest BCUT2D eigenvalue weighted by Crippen LogP contribution is -2.45. The van der Waals surface area contributed by atoms with Crippen LogP contribution in [0, 0.1) is 0 Å². The molecule has 0 aliphatic rings. The molecule has 0 aliphatic heterocycles. The van der Waals surface area contributed by atoms with Gasteiger partial charge in [0.2, 0.25) is 0 Å². The molecule has 23 heavy (non-hydrogen) atoms. The van der Waals surface area contributed by atoms with Crippen molar-refractivity contribution in [1.82, 2.24) is 10.6 Å². The van der Waals surface area contributed by atoms with Gasteiger partial charge in [-0.15, -0.1) is 0 Å². The van der Waals surface area contributed by atoms with Gasteiger partial charge in [-0.2, -0.15) is 0 Å². The lowest BCUT2D eigenvalue weighted by molar-refractivity contribution is 0.551. The van der Waals surface area contributed by atoms with E-state index in [0.717, 1.165) is 5.96 Å². The third-order valence-corrected chi connectivity index (χ3v) is 5.87. The van der Waals surface area contributed by atoms with Gasteiger partial charge in [-0.1, -0.05) is 37.3 Å². The summed E-state index contributed by atoms with van der Waals surface area (Å²) in [4.78, 5) is 4.26. The lowest BCUT2D eigenvalue weighted by Gasteiger charge is -2.24. The summed E-state index contributed by atoms with van der Waals surface area (Å²) in [7, 11) is 0.908. The molecule has 0 saturated heterocycles. The van der Waals surface area contributed by atoms with E-state index in [1.165, 1.54) is 5.56 Å². The normalized spacial score (nSPS) is 16.5. The lowest BCUT2D eigenvalue weighted by atomic mass is 9.94. The minimum Gasteiger partial charge on any atom is -0.355 e. The maximum atomic E-state index is 12.1. The first-order chi connectivity index (χ1) is 10.8. The summed E-state index contributed by atoms with van der Waals surface area (Å²) in [5.74, 6) is 1.75. The summed E-state index contributed by atoms with van der Waals surface area (Å²) in [5, 5.41) is 6.67. The molecule has 0 saturated carbocycles. The quantitative estimate of drug-likeness (QED) is 0.620. The van der Waals surface area contributed by atoms with Crippen LogP contribution >= 0.6 is 0 Å². The van der Waals surface area contributed by atoms with Crippen molar-refractivity contribution in [1.29, 1.82) is 0 Å².